The molecule has 0 N–H and O–H groups in total. The molecular formula is C18H24O3. The summed E-state index contributed by atoms with van der Waals surface area (Å²) in [5.74, 6) is 1.38. The maximum absolute atomic E-state index is 12.3. The van der Waals surface area contributed by atoms with Crippen molar-refractivity contribution in [3.63, 3.8) is 0 Å². The number of rotatable bonds is 5. The highest BCUT2D eigenvalue weighted by molar-refractivity contribution is 5.81. The number of hydrogen-bond donors (Lipinski definition) is 0. The molecule has 1 saturated carbocycles. The Morgan fingerprint density at radius 3 is 3.00 bits per heavy atom. The lowest BCUT2D eigenvalue weighted by molar-refractivity contribution is -0.155. The van der Waals surface area contributed by atoms with Crippen LogP contribution in [0.1, 0.15) is 44.1 Å². The molecule has 1 heterocycles. The van der Waals surface area contributed by atoms with Crippen molar-refractivity contribution in [2.45, 2.75) is 51.0 Å². The van der Waals surface area contributed by atoms with E-state index in [0.29, 0.717) is 18.8 Å². The lowest BCUT2D eigenvalue weighted by Crippen LogP contribution is -2.47. The summed E-state index contributed by atoms with van der Waals surface area (Å²) in [6, 6.07) is 7.96. The minimum atomic E-state index is 0.0516. The Morgan fingerprint density at radius 1 is 1.43 bits per heavy atom. The van der Waals surface area contributed by atoms with Gasteiger partial charge >= 0.3 is 0 Å². The van der Waals surface area contributed by atoms with Crippen LogP contribution in [0.5, 0.6) is 5.75 Å². The van der Waals surface area contributed by atoms with E-state index < -0.39 is 0 Å². The van der Waals surface area contributed by atoms with Gasteiger partial charge in [-0.05, 0) is 56.7 Å². The summed E-state index contributed by atoms with van der Waals surface area (Å²) in [7, 11) is 0. The summed E-state index contributed by atoms with van der Waals surface area (Å²) < 4.78 is 11.6. The van der Waals surface area contributed by atoms with Gasteiger partial charge in [-0.15, -0.1) is 0 Å². The second kappa shape index (κ2) is 6.18. The third kappa shape index (κ3) is 3.46. The van der Waals surface area contributed by atoms with E-state index in [-0.39, 0.29) is 11.5 Å². The van der Waals surface area contributed by atoms with Gasteiger partial charge in [-0.2, -0.15) is 0 Å². The van der Waals surface area contributed by atoms with Gasteiger partial charge < -0.3 is 9.47 Å². The van der Waals surface area contributed by atoms with Gasteiger partial charge in [0.15, 0.2) is 0 Å². The zero-order valence-electron chi connectivity index (χ0n) is 12.8. The van der Waals surface area contributed by atoms with Crippen molar-refractivity contribution in [1.82, 2.24) is 0 Å². The zero-order valence-corrected chi connectivity index (χ0v) is 12.8. The van der Waals surface area contributed by atoms with Crippen LogP contribution in [-0.2, 0) is 9.53 Å². The SMILES string of the molecule is Cc1cccc(OCCC(=O)C2CCOC3(CCC3)C2)c1. The minimum Gasteiger partial charge on any atom is -0.493 e. The molecule has 0 aromatic heterocycles. The number of ketones is 1. The quantitative estimate of drug-likeness (QED) is 0.829. The van der Waals surface area contributed by atoms with Crippen LogP contribution in [0.25, 0.3) is 0 Å². The molecule has 2 aliphatic rings. The molecule has 0 radical (unpaired) electrons. The number of ether oxygens (including phenoxy) is 2. The summed E-state index contributed by atoms with van der Waals surface area (Å²) in [6.07, 6.45) is 5.83. The minimum absolute atomic E-state index is 0.0516. The van der Waals surface area contributed by atoms with Gasteiger partial charge in [0, 0.05) is 18.9 Å². The molecule has 1 atom stereocenters. The fourth-order valence-corrected chi connectivity index (χ4v) is 3.40. The summed E-state index contributed by atoms with van der Waals surface area (Å²) in [4.78, 5) is 12.3. The van der Waals surface area contributed by atoms with Crippen molar-refractivity contribution in [3.05, 3.63) is 29.8 Å². The van der Waals surface area contributed by atoms with Gasteiger partial charge in [-0.25, -0.2) is 0 Å². The molecular weight excluding hydrogens is 264 g/mol. The lowest BCUT2D eigenvalue weighted by Gasteiger charge is -2.46. The predicted octanol–water partition coefficient (Wildman–Crippen LogP) is 3.68. The Kier molecular flexibility index (Phi) is 4.29. The molecule has 1 aromatic carbocycles. The normalized spacial score (nSPS) is 23.6. The molecule has 1 aliphatic carbocycles. The smallest absolute Gasteiger partial charge is 0.139 e. The standard InChI is InChI=1S/C18H24O3/c1-14-4-2-5-16(12-14)20-10-7-17(19)15-6-11-21-18(13-15)8-3-9-18/h2,4-5,12,15H,3,6-11,13H2,1H3. The molecule has 21 heavy (non-hydrogen) atoms. The zero-order chi connectivity index (χ0) is 14.7. The highest BCUT2D eigenvalue weighted by Gasteiger charge is 2.43. The molecule has 114 valence electrons. The number of hydrogen-bond acceptors (Lipinski definition) is 3. The van der Waals surface area contributed by atoms with E-state index in [1.807, 2.05) is 31.2 Å². The summed E-state index contributed by atoms with van der Waals surface area (Å²) in [6.45, 7) is 3.26. The number of Topliss-reactive ketones (excluding diaryl/α,β-unsaturated/α-hetero) is 1. The van der Waals surface area contributed by atoms with Crippen LogP contribution in [0.2, 0.25) is 0 Å². The van der Waals surface area contributed by atoms with Crippen molar-refractivity contribution in [1.29, 1.82) is 0 Å². The summed E-state index contributed by atoms with van der Waals surface area (Å²) in [5, 5.41) is 0. The monoisotopic (exact) mass is 288 g/mol. The van der Waals surface area contributed by atoms with E-state index in [1.165, 1.54) is 12.0 Å². The fraction of sp³-hybridized carbons (Fsp3) is 0.611. The van der Waals surface area contributed by atoms with Crippen LogP contribution in [0.15, 0.2) is 24.3 Å². The average Bonchev–Trinajstić information content (AvgIpc) is 2.46. The molecule has 3 nitrogen and oxygen atoms in total. The second-order valence-electron chi connectivity index (χ2n) is 6.46. The van der Waals surface area contributed by atoms with Crippen LogP contribution in [0.4, 0.5) is 0 Å². The molecule has 0 amide bonds. The first-order chi connectivity index (χ1) is 10.2. The molecule has 3 heteroatoms. The van der Waals surface area contributed by atoms with Crippen LogP contribution in [0.3, 0.4) is 0 Å². The van der Waals surface area contributed by atoms with Gasteiger partial charge in [0.1, 0.15) is 11.5 Å². The Balaban J connectivity index is 1.45. The molecule has 0 bridgehead atoms. The van der Waals surface area contributed by atoms with E-state index in [9.17, 15) is 4.79 Å². The first-order valence-electron chi connectivity index (χ1n) is 8.03. The Labute approximate surface area is 126 Å². The van der Waals surface area contributed by atoms with Crippen LogP contribution >= 0.6 is 0 Å². The highest BCUT2D eigenvalue weighted by atomic mass is 16.5. The molecule has 3 rings (SSSR count). The van der Waals surface area contributed by atoms with Crippen LogP contribution in [0, 0.1) is 12.8 Å². The van der Waals surface area contributed by atoms with Gasteiger partial charge in [0.25, 0.3) is 0 Å². The third-order valence-electron chi connectivity index (χ3n) is 4.82. The molecule has 1 unspecified atom stereocenters. The number of carbonyl (C=O) groups excluding carboxylic acids is 1. The highest BCUT2D eigenvalue weighted by Crippen LogP contribution is 2.44. The van der Waals surface area contributed by atoms with Crippen molar-refractivity contribution >= 4 is 5.78 Å². The van der Waals surface area contributed by atoms with Crippen molar-refractivity contribution < 1.29 is 14.3 Å². The Bertz CT molecular complexity index is 505. The predicted molar refractivity (Wildman–Crippen MR) is 81.6 cm³/mol. The maximum Gasteiger partial charge on any atom is 0.139 e. The van der Waals surface area contributed by atoms with Gasteiger partial charge in [0.2, 0.25) is 0 Å². The molecule has 2 fully saturated rings. The van der Waals surface area contributed by atoms with Gasteiger partial charge in [-0.3, -0.25) is 4.79 Å². The van der Waals surface area contributed by atoms with E-state index in [2.05, 4.69) is 0 Å². The van der Waals surface area contributed by atoms with E-state index in [4.69, 9.17) is 9.47 Å². The third-order valence-corrected chi connectivity index (χ3v) is 4.82. The van der Waals surface area contributed by atoms with Crippen LogP contribution < -0.4 is 4.74 Å². The van der Waals surface area contributed by atoms with Crippen LogP contribution in [-0.4, -0.2) is 24.6 Å². The lowest BCUT2D eigenvalue weighted by atomic mass is 9.71. The van der Waals surface area contributed by atoms with E-state index >= 15 is 0 Å². The maximum atomic E-state index is 12.3. The largest absolute Gasteiger partial charge is 0.493 e. The Morgan fingerprint density at radius 2 is 2.29 bits per heavy atom. The van der Waals surface area contributed by atoms with E-state index in [0.717, 1.165) is 38.0 Å². The first-order valence-corrected chi connectivity index (χ1v) is 8.03. The van der Waals surface area contributed by atoms with E-state index in [1.54, 1.807) is 0 Å². The average molecular weight is 288 g/mol. The topological polar surface area (TPSA) is 35.5 Å². The van der Waals surface area contributed by atoms with Gasteiger partial charge in [-0.1, -0.05) is 12.1 Å². The molecule has 1 aliphatic heterocycles. The number of carbonyl (C=O) groups is 1. The summed E-state index contributed by atoms with van der Waals surface area (Å²) in [5.41, 5.74) is 1.23. The summed E-state index contributed by atoms with van der Waals surface area (Å²) >= 11 is 0. The molecule has 1 spiro atoms. The number of benzene rings is 1. The Hall–Kier alpha value is -1.35. The first kappa shape index (κ1) is 14.6. The second-order valence-corrected chi connectivity index (χ2v) is 6.46. The number of aryl methyl sites for hydroxylation is 1. The fourth-order valence-electron chi connectivity index (χ4n) is 3.40. The van der Waals surface area contributed by atoms with Crippen molar-refractivity contribution in [2.75, 3.05) is 13.2 Å². The van der Waals surface area contributed by atoms with Crippen molar-refractivity contribution in [2.24, 2.45) is 5.92 Å². The molecule has 1 saturated heterocycles. The van der Waals surface area contributed by atoms with Crippen molar-refractivity contribution in [3.8, 4) is 5.75 Å². The molecule has 1 aromatic rings. The van der Waals surface area contributed by atoms with Gasteiger partial charge in [0.05, 0.1) is 12.2 Å².